The molecule has 0 saturated carbocycles. The van der Waals surface area contributed by atoms with Gasteiger partial charge >= 0.3 is 0 Å². The molecule has 4 rings (SSSR count). The standard InChI is InChI=1S/C42H63N2O/c1-10-11-12-13-14-15-16-17-18-19-39-37-31-40(45-9)38(43-8)30-32(37)28-29-44(39,35-24-20-33(21-25-35)41(2,3)4)36-26-22-34(23-27-36)42(5,6)7/h20-27,30-31,39,43H,10-19,28-29H2,1-9H3/q+1. The summed E-state index contributed by atoms with van der Waals surface area (Å²) in [7, 11) is 3.81. The van der Waals surface area contributed by atoms with Crippen molar-refractivity contribution in [3.63, 3.8) is 0 Å². The molecule has 3 aromatic carbocycles. The molecule has 246 valence electrons. The summed E-state index contributed by atoms with van der Waals surface area (Å²) >= 11 is 0. The number of anilines is 1. The molecule has 0 fully saturated rings. The number of methoxy groups -OCH3 is 1. The highest BCUT2D eigenvalue weighted by atomic mass is 16.5. The summed E-state index contributed by atoms with van der Waals surface area (Å²) < 4.78 is 6.83. The van der Waals surface area contributed by atoms with Crippen LogP contribution in [0.5, 0.6) is 5.75 Å². The van der Waals surface area contributed by atoms with Crippen LogP contribution in [0, 0.1) is 0 Å². The summed E-state index contributed by atoms with van der Waals surface area (Å²) in [6, 6.07) is 24.3. The van der Waals surface area contributed by atoms with E-state index in [-0.39, 0.29) is 10.8 Å². The van der Waals surface area contributed by atoms with Gasteiger partial charge in [-0.15, -0.1) is 0 Å². The van der Waals surface area contributed by atoms with Crippen LogP contribution in [-0.2, 0) is 17.3 Å². The number of unbranched alkanes of at least 4 members (excludes halogenated alkanes) is 8. The van der Waals surface area contributed by atoms with Crippen LogP contribution in [0.4, 0.5) is 17.1 Å². The number of nitrogens with zero attached hydrogens (tertiary/aromatic N) is 1. The monoisotopic (exact) mass is 611 g/mol. The number of rotatable bonds is 14. The van der Waals surface area contributed by atoms with Gasteiger partial charge in [-0.2, -0.15) is 0 Å². The molecule has 0 saturated heterocycles. The van der Waals surface area contributed by atoms with Crippen molar-refractivity contribution in [2.24, 2.45) is 0 Å². The van der Waals surface area contributed by atoms with Crippen LogP contribution in [-0.4, -0.2) is 20.7 Å². The normalized spacial score (nSPS) is 16.3. The molecule has 1 N–H and O–H groups in total. The van der Waals surface area contributed by atoms with E-state index < -0.39 is 0 Å². The van der Waals surface area contributed by atoms with Gasteiger partial charge in [-0.05, 0) is 70.3 Å². The first-order chi connectivity index (χ1) is 21.5. The van der Waals surface area contributed by atoms with Gasteiger partial charge in [0, 0.05) is 25.5 Å². The van der Waals surface area contributed by atoms with Gasteiger partial charge in [0.1, 0.15) is 23.2 Å². The molecule has 1 heterocycles. The molecule has 1 atom stereocenters. The Morgan fingerprint density at radius 2 is 1.20 bits per heavy atom. The van der Waals surface area contributed by atoms with Crippen LogP contribution in [0.3, 0.4) is 0 Å². The second-order valence-corrected chi connectivity index (χ2v) is 15.6. The molecule has 3 heteroatoms. The summed E-state index contributed by atoms with van der Waals surface area (Å²) in [5, 5.41) is 3.39. The van der Waals surface area contributed by atoms with E-state index in [1.807, 2.05) is 7.05 Å². The fourth-order valence-electron chi connectivity index (χ4n) is 7.47. The summed E-state index contributed by atoms with van der Waals surface area (Å²) in [5.41, 5.74) is 9.83. The maximum atomic E-state index is 5.96. The second kappa shape index (κ2) is 15.2. The molecule has 0 aliphatic carbocycles. The lowest BCUT2D eigenvalue weighted by Gasteiger charge is -2.48. The fourth-order valence-corrected chi connectivity index (χ4v) is 7.47. The van der Waals surface area contributed by atoms with Crippen molar-refractivity contribution in [1.29, 1.82) is 0 Å². The molecule has 1 aliphatic heterocycles. The number of hydrogen-bond acceptors (Lipinski definition) is 2. The summed E-state index contributed by atoms with van der Waals surface area (Å²) in [5.74, 6) is 0.944. The van der Waals surface area contributed by atoms with Gasteiger partial charge in [-0.1, -0.05) is 124 Å². The van der Waals surface area contributed by atoms with Gasteiger partial charge in [0.2, 0.25) is 0 Å². The van der Waals surface area contributed by atoms with Crippen molar-refractivity contribution in [1.82, 2.24) is 4.48 Å². The molecule has 0 spiro atoms. The number of quaternary nitrogens is 1. The Labute approximate surface area is 276 Å². The summed E-state index contributed by atoms with van der Waals surface area (Å²) in [6.07, 6.45) is 14.3. The molecule has 0 amide bonds. The van der Waals surface area contributed by atoms with Crippen LogP contribution < -0.4 is 14.5 Å². The molecule has 3 aromatic rings. The number of nitrogens with one attached hydrogen (secondary N) is 1. The molecule has 45 heavy (non-hydrogen) atoms. The first-order valence-electron chi connectivity index (χ1n) is 17.9. The lowest BCUT2D eigenvalue weighted by atomic mass is 9.83. The van der Waals surface area contributed by atoms with Gasteiger partial charge in [-0.3, -0.25) is 4.48 Å². The van der Waals surface area contributed by atoms with Crippen LogP contribution in [0.2, 0.25) is 0 Å². The first kappa shape index (κ1) is 35.1. The van der Waals surface area contributed by atoms with E-state index in [4.69, 9.17) is 4.74 Å². The van der Waals surface area contributed by atoms with E-state index >= 15 is 0 Å². The SMILES string of the molecule is CCCCCCCCCCCC1c2cc(OC)c(NC)cc2CC[N+]1(c1ccc(C(C)(C)C)cc1)c1ccc(C(C)(C)C)cc1. The van der Waals surface area contributed by atoms with Crippen LogP contribution >= 0.6 is 0 Å². The highest BCUT2D eigenvalue weighted by molar-refractivity contribution is 5.67. The van der Waals surface area contributed by atoms with Crippen LogP contribution in [0.15, 0.2) is 60.7 Å². The molecule has 0 aromatic heterocycles. The van der Waals surface area contributed by atoms with E-state index in [9.17, 15) is 0 Å². The zero-order valence-corrected chi connectivity index (χ0v) is 30.2. The first-order valence-corrected chi connectivity index (χ1v) is 17.9. The topological polar surface area (TPSA) is 21.3 Å². The fraction of sp³-hybridized carbons (Fsp3) is 0.571. The lowest BCUT2D eigenvalue weighted by Crippen LogP contribution is -2.51. The summed E-state index contributed by atoms with van der Waals surface area (Å²) in [4.78, 5) is 0. The number of ether oxygens (including phenoxy) is 1. The predicted molar refractivity (Wildman–Crippen MR) is 197 cm³/mol. The Kier molecular flexibility index (Phi) is 11.9. The van der Waals surface area contributed by atoms with Crippen molar-refractivity contribution in [3.8, 4) is 5.75 Å². The van der Waals surface area contributed by atoms with Gasteiger partial charge in [-0.25, -0.2) is 0 Å². The van der Waals surface area contributed by atoms with Crippen molar-refractivity contribution in [3.05, 3.63) is 82.9 Å². The average Bonchev–Trinajstić information content (AvgIpc) is 3.02. The third-order valence-corrected chi connectivity index (χ3v) is 10.3. The van der Waals surface area contributed by atoms with Crippen molar-refractivity contribution in [2.45, 2.75) is 136 Å². The number of benzene rings is 3. The van der Waals surface area contributed by atoms with Crippen LogP contribution in [0.25, 0.3) is 0 Å². The Bertz CT molecular complexity index is 1280. The van der Waals surface area contributed by atoms with E-state index in [1.54, 1.807) is 7.11 Å². The highest BCUT2D eigenvalue weighted by Crippen LogP contribution is 2.51. The van der Waals surface area contributed by atoms with Crippen molar-refractivity contribution < 1.29 is 4.74 Å². The third-order valence-electron chi connectivity index (χ3n) is 10.3. The third kappa shape index (κ3) is 8.15. The molecule has 1 aliphatic rings. The minimum Gasteiger partial charge on any atom is -0.495 e. The maximum absolute atomic E-state index is 5.96. The zero-order valence-electron chi connectivity index (χ0n) is 30.2. The quantitative estimate of drug-likeness (QED) is 0.145. The van der Waals surface area contributed by atoms with Gasteiger partial charge < -0.3 is 10.1 Å². The van der Waals surface area contributed by atoms with E-state index in [1.165, 1.54) is 91.4 Å². The number of hydrogen-bond donors (Lipinski definition) is 1. The Hall–Kier alpha value is -2.78. The van der Waals surface area contributed by atoms with Crippen molar-refractivity contribution in [2.75, 3.05) is 26.0 Å². The van der Waals surface area contributed by atoms with Gasteiger partial charge in [0.15, 0.2) is 0 Å². The number of fused-ring (bicyclic) bond motifs is 1. The highest BCUT2D eigenvalue weighted by Gasteiger charge is 2.46. The lowest BCUT2D eigenvalue weighted by molar-refractivity contribution is 0.253. The predicted octanol–water partition coefficient (Wildman–Crippen LogP) is 12.2. The summed E-state index contributed by atoms with van der Waals surface area (Å²) in [6.45, 7) is 17.2. The smallest absolute Gasteiger partial charge is 0.142 e. The second-order valence-electron chi connectivity index (χ2n) is 15.6. The molecular weight excluding hydrogens is 548 g/mol. The zero-order chi connectivity index (χ0) is 32.7. The van der Waals surface area contributed by atoms with E-state index in [2.05, 4.69) is 114 Å². The molecule has 3 nitrogen and oxygen atoms in total. The Morgan fingerprint density at radius 3 is 1.64 bits per heavy atom. The largest absolute Gasteiger partial charge is 0.495 e. The molecule has 0 bridgehead atoms. The van der Waals surface area contributed by atoms with E-state index in [0.29, 0.717) is 6.04 Å². The average molecular weight is 612 g/mol. The molecule has 0 radical (unpaired) electrons. The Morgan fingerprint density at radius 1 is 0.711 bits per heavy atom. The van der Waals surface area contributed by atoms with Crippen LogP contribution in [0.1, 0.15) is 141 Å². The van der Waals surface area contributed by atoms with Gasteiger partial charge in [0.05, 0.1) is 19.3 Å². The van der Waals surface area contributed by atoms with Crippen molar-refractivity contribution >= 4 is 17.1 Å². The maximum Gasteiger partial charge on any atom is 0.142 e. The molecule has 1 unspecified atom stereocenters. The van der Waals surface area contributed by atoms with Gasteiger partial charge in [0.25, 0.3) is 0 Å². The Balaban J connectivity index is 1.78. The minimum absolute atomic E-state index is 0.124. The molecular formula is C42H63N2O+. The van der Waals surface area contributed by atoms with E-state index in [0.717, 1.165) is 35.3 Å². The minimum atomic E-state index is 0.124.